The zero-order chi connectivity index (χ0) is 15.0. The molecule has 0 amide bonds. The lowest BCUT2D eigenvalue weighted by atomic mass is 10.2. The van der Waals surface area contributed by atoms with E-state index in [0.29, 0.717) is 10.0 Å². The van der Waals surface area contributed by atoms with Crippen LogP contribution in [0.1, 0.15) is 24.6 Å². The van der Waals surface area contributed by atoms with E-state index in [0.717, 1.165) is 30.3 Å². The zero-order valence-electron chi connectivity index (χ0n) is 10.5. The summed E-state index contributed by atoms with van der Waals surface area (Å²) in [6.45, 7) is 1.99. The number of aromatic nitrogens is 1. The first-order chi connectivity index (χ1) is 9.27. The lowest BCUT2D eigenvalue weighted by molar-refractivity contribution is -0.245. The highest BCUT2D eigenvalue weighted by molar-refractivity contribution is 9.10. The molecule has 8 heteroatoms. The number of thioether (sulfide) groups is 1. The second kappa shape index (κ2) is 5.65. The summed E-state index contributed by atoms with van der Waals surface area (Å²) in [5.41, 5.74) is -1.68. The second-order valence-electron chi connectivity index (χ2n) is 4.43. The predicted molar refractivity (Wildman–Crippen MR) is 75.9 cm³/mol. The number of alkyl halides is 3. The van der Waals surface area contributed by atoms with Crippen molar-refractivity contribution >= 4 is 32.7 Å². The first-order valence-corrected chi connectivity index (χ1v) is 7.71. The number of halogens is 4. The summed E-state index contributed by atoms with van der Waals surface area (Å²) >= 11 is 4.15. The van der Waals surface area contributed by atoms with E-state index in [-0.39, 0.29) is 5.04 Å². The van der Waals surface area contributed by atoms with Gasteiger partial charge in [0.15, 0.2) is 0 Å². The lowest BCUT2D eigenvalue weighted by Crippen LogP contribution is -2.43. The van der Waals surface area contributed by atoms with Crippen LogP contribution in [-0.2, 0) is 6.42 Å². The van der Waals surface area contributed by atoms with Gasteiger partial charge in [-0.2, -0.15) is 13.2 Å². The van der Waals surface area contributed by atoms with Gasteiger partial charge in [-0.3, -0.25) is 4.98 Å². The van der Waals surface area contributed by atoms with E-state index in [1.165, 1.54) is 0 Å². The number of hydrogen-bond acceptors (Lipinski definition) is 4. The molecule has 0 fully saturated rings. The van der Waals surface area contributed by atoms with Crippen molar-refractivity contribution in [1.82, 2.24) is 4.98 Å². The van der Waals surface area contributed by atoms with Gasteiger partial charge in [-0.25, -0.2) is 4.99 Å². The first kappa shape index (κ1) is 15.8. The Labute approximate surface area is 126 Å². The average Bonchev–Trinajstić information content (AvgIpc) is 2.75. The van der Waals surface area contributed by atoms with Crippen molar-refractivity contribution < 1.29 is 18.3 Å². The molecule has 1 aromatic heterocycles. The number of pyridine rings is 1. The van der Waals surface area contributed by atoms with Crippen LogP contribution < -0.4 is 0 Å². The van der Waals surface area contributed by atoms with E-state index >= 15 is 0 Å². The van der Waals surface area contributed by atoms with Crippen LogP contribution in [0, 0.1) is 0 Å². The van der Waals surface area contributed by atoms with Crippen molar-refractivity contribution in [2.75, 3.05) is 5.75 Å². The Kier molecular flexibility index (Phi) is 4.46. The van der Waals surface area contributed by atoms with Crippen molar-refractivity contribution in [2.45, 2.75) is 31.7 Å². The Balaban J connectivity index is 2.38. The van der Waals surface area contributed by atoms with Crippen molar-refractivity contribution in [2.24, 2.45) is 4.99 Å². The molecule has 0 saturated carbocycles. The fourth-order valence-electron chi connectivity index (χ4n) is 1.72. The molecule has 0 aromatic carbocycles. The minimum absolute atomic E-state index is 0.177. The van der Waals surface area contributed by atoms with Gasteiger partial charge in [0.2, 0.25) is 0 Å². The summed E-state index contributed by atoms with van der Waals surface area (Å²) in [5, 5.41) is 9.74. The van der Waals surface area contributed by atoms with Gasteiger partial charge in [-0.05, 0) is 28.4 Å². The molecule has 20 heavy (non-hydrogen) atoms. The molecule has 0 saturated heterocycles. The predicted octanol–water partition coefficient (Wildman–Crippen LogP) is 3.54. The molecular formula is C12H12BrF3N2OS. The van der Waals surface area contributed by atoms with Crippen LogP contribution in [0.25, 0.3) is 0 Å². The van der Waals surface area contributed by atoms with Gasteiger partial charge in [0.05, 0.1) is 5.75 Å². The Morgan fingerprint density at radius 1 is 1.50 bits per heavy atom. The van der Waals surface area contributed by atoms with Crippen LogP contribution in [0.5, 0.6) is 0 Å². The van der Waals surface area contributed by atoms with E-state index in [1.807, 2.05) is 6.92 Å². The summed E-state index contributed by atoms with van der Waals surface area (Å²) < 4.78 is 38.8. The SMILES string of the molecule is CCCc1cc(C2=N[C@](O)(C(F)(F)F)CS2)c(Br)cn1. The van der Waals surface area contributed by atoms with Crippen molar-refractivity contribution in [1.29, 1.82) is 0 Å². The van der Waals surface area contributed by atoms with Crippen LogP contribution in [0.15, 0.2) is 21.7 Å². The van der Waals surface area contributed by atoms with Gasteiger partial charge in [0, 0.05) is 21.9 Å². The second-order valence-corrected chi connectivity index (χ2v) is 6.24. The molecule has 1 aliphatic rings. The van der Waals surface area contributed by atoms with E-state index in [2.05, 4.69) is 25.9 Å². The maximum absolute atomic E-state index is 12.7. The average molecular weight is 369 g/mol. The largest absolute Gasteiger partial charge is 0.439 e. The van der Waals surface area contributed by atoms with E-state index < -0.39 is 17.7 Å². The molecule has 1 aliphatic heterocycles. The maximum Gasteiger partial charge on any atom is 0.439 e. The Morgan fingerprint density at radius 3 is 2.75 bits per heavy atom. The number of nitrogens with zero attached hydrogens (tertiary/aromatic N) is 2. The highest BCUT2D eigenvalue weighted by Crippen LogP contribution is 2.41. The standard InChI is InChI=1S/C12H12BrF3N2OS/c1-2-3-7-4-8(9(13)5-17-7)10-18-11(19,6-20-10)12(14,15)16/h4-5,19H,2-3,6H2,1H3/t11-/m1/s1. The van der Waals surface area contributed by atoms with Gasteiger partial charge in [-0.1, -0.05) is 13.3 Å². The third-order valence-electron chi connectivity index (χ3n) is 2.80. The topological polar surface area (TPSA) is 45.5 Å². The number of hydrogen-bond donors (Lipinski definition) is 1. The molecule has 2 rings (SSSR count). The Bertz CT molecular complexity index is 550. The molecule has 110 valence electrons. The van der Waals surface area contributed by atoms with Crippen molar-refractivity contribution in [3.63, 3.8) is 0 Å². The molecule has 0 aliphatic carbocycles. The fraction of sp³-hybridized carbons (Fsp3) is 0.500. The number of rotatable bonds is 3. The first-order valence-electron chi connectivity index (χ1n) is 5.93. The third-order valence-corrected chi connectivity index (χ3v) is 4.56. The van der Waals surface area contributed by atoms with Gasteiger partial charge < -0.3 is 5.11 Å². The molecule has 0 radical (unpaired) electrons. The summed E-state index contributed by atoms with van der Waals surface area (Å²) in [7, 11) is 0. The molecule has 1 N–H and O–H groups in total. The zero-order valence-corrected chi connectivity index (χ0v) is 12.9. The van der Waals surface area contributed by atoms with E-state index in [4.69, 9.17) is 0 Å². The minimum Gasteiger partial charge on any atom is -0.361 e. The lowest BCUT2D eigenvalue weighted by Gasteiger charge is -2.21. The summed E-state index contributed by atoms with van der Waals surface area (Å²) in [6.07, 6.45) is -1.59. The summed E-state index contributed by atoms with van der Waals surface area (Å²) in [5.74, 6) is -0.524. The van der Waals surface area contributed by atoms with Crippen LogP contribution in [-0.4, -0.2) is 32.8 Å². The van der Waals surface area contributed by atoms with Gasteiger partial charge >= 0.3 is 6.18 Å². The fourth-order valence-corrected chi connectivity index (χ4v) is 3.37. The van der Waals surface area contributed by atoms with Crippen molar-refractivity contribution in [3.05, 3.63) is 28.0 Å². The highest BCUT2D eigenvalue weighted by Gasteiger charge is 2.57. The Hall–Kier alpha value is -0.600. The van der Waals surface area contributed by atoms with E-state index in [1.54, 1.807) is 12.3 Å². The molecule has 0 bridgehead atoms. The van der Waals surface area contributed by atoms with Crippen LogP contribution in [0.4, 0.5) is 13.2 Å². The molecule has 0 spiro atoms. The Morgan fingerprint density at radius 2 is 2.20 bits per heavy atom. The van der Waals surface area contributed by atoms with Crippen molar-refractivity contribution in [3.8, 4) is 0 Å². The van der Waals surface area contributed by atoms with Crippen LogP contribution in [0.2, 0.25) is 0 Å². The van der Waals surface area contributed by atoms with Crippen LogP contribution in [0.3, 0.4) is 0 Å². The summed E-state index contributed by atoms with van der Waals surface area (Å²) in [6, 6.07) is 1.71. The molecule has 0 unspecified atom stereocenters. The van der Waals surface area contributed by atoms with Gasteiger partial charge in [0.25, 0.3) is 5.72 Å². The minimum atomic E-state index is -4.77. The maximum atomic E-state index is 12.7. The number of aryl methyl sites for hydroxylation is 1. The molecule has 3 nitrogen and oxygen atoms in total. The third kappa shape index (κ3) is 3.01. The highest BCUT2D eigenvalue weighted by atomic mass is 79.9. The van der Waals surface area contributed by atoms with Gasteiger partial charge in [-0.15, -0.1) is 11.8 Å². The quantitative estimate of drug-likeness (QED) is 0.887. The smallest absolute Gasteiger partial charge is 0.361 e. The van der Waals surface area contributed by atoms with Gasteiger partial charge in [0.1, 0.15) is 5.04 Å². The summed E-state index contributed by atoms with van der Waals surface area (Å²) in [4.78, 5) is 7.67. The molecule has 2 heterocycles. The number of aliphatic hydroxyl groups is 1. The monoisotopic (exact) mass is 368 g/mol. The normalized spacial score (nSPS) is 23.0. The van der Waals surface area contributed by atoms with Crippen LogP contribution >= 0.6 is 27.7 Å². The number of aliphatic imine (C=N–C) groups is 1. The molecule has 1 aromatic rings. The van der Waals surface area contributed by atoms with E-state index in [9.17, 15) is 18.3 Å². The molecular weight excluding hydrogens is 357 g/mol. The molecule has 1 atom stereocenters.